The highest BCUT2D eigenvalue weighted by Gasteiger charge is 2.13. The second-order valence-electron chi connectivity index (χ2n) is 5.83. The number of amides is 1. The van der Waals surface area contributed by atoms with Crippen LogP contribution in [0.5, 0.6) is 11.5 Å². The molecular weight excluding hydrogens is 330 g/mol. The van der Waals surface area contributed by atoms with Crippen molar-refractivity contribution in [2.24, 2.45) is 0 Å². The highest BCUT2D eigenvalue weighted by atomic mass is 16.5. The minimum absolute atomic E-state index is 0.0677. The number of carbonyl (C=O) groups is 1. The van der Waals surface area contributed by atoms with E-state index >= 15 is 0 Å². The number of hydrogen-bond donors (Lipinski definition) is 0. The minimum atomic E-state index is -0.0677. The van der Waals surface area contributed by atoms with Crippen molar-refractivity contribution in [2.75, 3.05) is 45.3 Å². The largest absolute Gasteiger partial charge is 0.497 e. The molecule has 0 aliphatic heterocycles. The molecule has 1 heterocycles. The van der Waals surface area contributed by atoms with Gasteiger partial charge in [-0.2, -0.15) is 0 Å². The number of methoxy groups -OCH3 is 1. The third kappa shape index (κ3) is 5.12. The van der Waals surface area contributed by atoms with E-state index in [1.807, 2.05) is 36.4 Å². The van der Waals surface area contributed by atoms with Gasteiger partial charge in [0, 0.05) is 26.3 Å². The maximum Gasteiger partial charge on any atom is 0.255 e. The third-order valence-corrected chi connectivity index (χ3v) is 4.18. The summed E-state index contributed by atoms with van der Waals surface area (Å²) in [7, 11) is 3.39. The van der Waals surface area contributed by atoms with Gasteiger partial charge in [0.05, 0.1) is 19.2 Å². The number of rotatable bonds is 9. The van der Waals surface area contributed by atoms with Gasteiger partial charge in [0.15, 0.2) is 0 Å². The molecule has 1 aromatic heterocycles. The van der Waals surface area contributed by atoms with E-state index in [1.165, 1.54) is 0 Å². The summed E-state index contributed by atoms with van der Waals surface area (Å²) in [5.41, 5.74) is 0.577. The van der Waals surface area contributed by atoms with Gasteiger partial charge in [0.25, 0.3) is 5.91 Å². The van der Waals surface area contributed by atoms with Crippen LogP contribution in [-0.2, 0) is 0 Å². The van der Waals surface area contributed by atoms with Gasteiger partial charge >= 0.3 is 0 Å². The molecule has 26 heavy (non-hydrogen) atoms. The van der Waals surface area contributed by atoms with Crippen molar-refractivity contribution in [3.63, 3.8) is 0 Å². The number of aromatic nitrogens is 1. The standard InChI is InChI=1S/C20H27N3O3/c1-5-23(6-2)19-12-7-16(15-21-19)20(24)22(3)13-14-26-18-10-8-17(25-4)9-11-18/h7-12,15H,5-6,13-14H2,1-4H3. The number of ether oxygens (including phenoxy) is 2. The van der Waals surface area contributed by atoms with Crippen molar-refractivity contribution in [3.05, 3.63) is 48.2 Å². The van der Waals surface area contributed by atoms with E-state index in [1.54, 1.807) is 25.3 Å². The van der Waals surface area contributed by atoms with Crippen LogP contribution in [0, 0.1) is 0 Å². The maximum atomic E-state index is 12.5. The Morgan fingerprint density at radius 1 is 1.04 bits per heavy atom. The lowest BCUT2D eigenvalue weighted by Crippen LogP contribution is -2.31. The highest BCUT2D eigenvalue weighted by molar-refractivity contribution is 5.93. The third-order valence-electron chi connectivity index (χ3n) is 4.18. The zero-order valence-electron chi connectivity index (χ0n) is 15.9. The van der Waals surface area contributed by atoms with Crippen molar-refractivity contribution in [1.82, 2.24) is 9.88 Å². The Hall–Kier alpha value is -2.76. The summed E-state index contributed by atoms with van der Waals surface area (Å²) >= 11 is 0. The van der Waals surface area contributed by atoms with Crippen molar-refractivity contribution >= 4 is 11.7 Å². The Balaban J connectivity index is 1.86. The minimum Gasteiger partial charge on any atom is -0.497 e. The predicted molar refractivity (Wildman–Crippen MR) is 103 cm³/mol. The highest BCUT2D eigenvalue weighted by Crippen LogP contribution is 2.17. The number of anilines is 1. The molecule has 0 fully saturated rings. The van der Waals surface area contributed by atoms with E-state index < -0.39 is 0 Å². The molecule has 0 radical (unpaired) electrons. The molecule has 0 bridgehead atoms. The monoisotopic (exact) mass is 357 g/mol. The first kappa shape index (κ1) is 19.6. The number of hydrogen-bond acceptors (Lipinski definition) is 5. The summed E-state index contributed by atoms with van der Waals surface area (Å²) < 4.78 is 10.8. The molecule has 6 heteroatoms. The van der Waals surface area contributed by atoms with E-state index in [0.29, 0.717) is 18.7 Å². The Bertz CT molecular complexity index is 682. The van der Waals surface area contributed by atoms with Crippen molar-refractivity contribution in [3.8, 4) is 11.5 Å². The maximum absolute atomic E-state index is 12.5. The summed E-state index contributed by atoms with van der Waals surface area (Å²) in [5, 5.41) is 0. The summed E-state index contributed by atoms with van der Waals surface area (Å²) in [5.74, 6) is 2.35. The Labute approximate surface area is 155 Å². The number of nitrogens with zero attached hydrogens (tertiary/aromatic N) is 3. The second kappa shape index (κ2) is 9.65. The number of pyridine rings is 1. The van der Waals surface area contributed by atoms with Crippen LogP contribution in [0.25, 0.3) is 0 Å². The first-order valence-corrected chi connectivity index (χ1v) is 8.82. The molecule has 2 aromatic rings. The molecule has 0 N–H and O–H groups in total. The number of benzene rings is 1. The predicted octanol–water partition coefficient (Wildman–Crippen LogP) is 3.09. The van der Waals surface area contributed by atoms with E-state index in [0.717, 1.165) is 30.4 Å². The lowest BCUT2D eigenvalue weighted by molar-refractivity contribution is 0.0773. The molecule has 0 saturated carbocycles. The van der Waals surface area contributed by atoms with Crippen molar-refractivity contribution < 1.29 is 14.3 Å². The molecule has 0 unspecified atom stereocenters. The van der Waals surface area contributed by atoms with Crippen LogP contribution in [0.2, 0.25) is 0 Å². The normalized spacial score (nSPS) is 10.3. The van der Waals surface area contributed by atoms with Gasteiger partial charge in [-0.1, -0.05) is 0 Å². The molecule has 0 spiro atoms. The van der Waals surface area contributed by atoms with Crippen LogP contribution >= 0.6 is 0 Å². The molecule has 2 rings (SSSR count). The van der Waals surface area contributed by atoms with E-state index in [4.69, 9.17) is 9.47 Å². The summed E-state index contributed by atoms with van der Waals surface area (Å²) in [6.45, 7) is 6.85. The molecular formula is C20H27N3O3. The van der Waals surface area contributed by atoms with Gasteiger partial charge in [0.1, 0.15) is 23.9 Å². The zero-order valence-corrected chi connectivity index (χ0v) is 15.9. The van der Waals surface area contributed by atoms with E-state index in [9.17, 15) is 4.79 Å². The lowest BCUT2D eigenvalue weighted by atomic mass is 10.2. The fourth-order valence-corrected chi connectivity index (χ4v) is 2.54. The van der Waals surface area contributed by atoms with Crippen LogP contribution in [0.1, 0.15) is 24.2 Å². The zero-order chi connectivity index (χ0) is 18.9. The van der Waals surface area contributed by atoms with Crippen LogP contribution in [-0.4, -0.2) is 56.2 Å². The summed E-state index contributed by atoms with van der Waals surface area (Å²) in [6.07, 6.45) is 1.64. The Morgan fingerprint density at radius 3 is 2.23 bits per heavy atom. The SMILES string of the molecule is CCN(CC)c1ccc(C(=O)N(C)CCOc2ccc(OC)cc2)cn1. The molecule has 1 amide bonds. The fourth-order valence-electron chi connectivity index (χ4n) is 2.54. The molecule has 0 atom stereocenters. The Morgan fingerprint density at radius 2 is 1.69 bits per heavy atom. The Kier molecular flexibility index (Phi) is 7.26. The lowest BCUT2D eigenvalue weighted by Gasteiger charge is -2.21. The average Bonchev–Trinajstić information content (AvgIpc) is 2.69. The van der Waals surface area contributed by atoms with Crippen molar-refractivity contribution in [2.45, 2.75) is 13.8 Å². The van der Waals surface area contributed by atoms with Crippen LogP contribution in [0.3, 0.4) is 0 Å². The van der Waals surface area contributed by atoms with Gasteiger partial charge in [0.2, 0.25) is 0 Å². The molecule has 140 valence electrons. The smallest absolute Gasteiger partial charge is 0.255 e. The quantitative estimate of drug-likeness (QED) is 0.690. The first-order valence-electron chi connectivity index (χ1n) is 8.82. The van der Waals surface area contributed by atoms with Gasteiger partial charge in [-0.3, -0.25) is 4.79 Å². The number of likely N-dealkylation sites (N-methyl/N-ethyl adjacent to an activating group) is 1. The van der Waals surface area contributed by atoms with Gasteiger partial charge in [-0.15, -0.1) is 0 Å². The molecule has 6 nitrogen and oxygen atoms in total. The topological polar surface area (TPSA) is 54.9 Å². The summed E-state index contributed by atoms with van der Waals surface area (Å²) in [4.78, 5) is 20.7. The van der Waals surface area contributed by atoms with Crippen LogP contribution in [0.4, 0.5) is 5.82 Å². The van der Waals surface area contributed by atoms with Crippen molar-refractivity contribution in [1.29, 1.82) is 0 Å². The number of carbonyl (C=O) groups excluding carboxylic acids is 1. The van der Waals surface area contributed by atoms with Gasteiger partial charge in [-0.05, 0) is 50.2 Å². The van der Waals surface area contributed by atoms with Crippen LogP contribution < -0.4 is 14.4 Å². The average molecular weight is 357 g/mol. The molecule has 0 saturated heterocycles. The second-order valence-corrected chi connectivity index (χ2v) is 5.83. The first-order chi connectivity index (χ1) is 12.6. The van der Waals surface area contributed by atoms with Gasteiger partial charge < -0.3 is 19.3 Å². The van der Waals surface area contributed by atoms with Crippen LogP contribution in [0.15, 0.2) is 42.6 Å². The summed E-state index contributed by atoms with van der Waals surface area (Å²) in [6, 6.07) is 11.1. The van der Waals surface area contributed by atoms with Gasteiger partial charge in [-0.25, -0.2) is 4.98 Å². The van der Waals surface area contributed by atoms with E-state index in [-0.39, 0.29) is 5.91 Å². The van der Waals surface area contributed by atoms with E-state index in [2.05, 4.69) is 23.7 Å². The molecule has 0 aliphatic carbocycles. The molecule has 0 aliphatic rings. The molecule has 1 aromatic carbocycles. The fraction of sp³-hybridized carbons (Fsp3) is 0.400.